The van der Waals surface area contributed by atoms with Crippen molar-refractivity contribution in [3.05, 3.63) is 114 Å². The van der Waals surface area contributed by atoms with Gasteiger partial charge in [0.15, 0.2) is 4.96 Å². The van der Waals surface area contributed by atoms with Gasteiger partial charge in [-0.05, 0) is 77.7 Å². The molecule has 0 spiro atoms. The van der Waals surface area contributed by atoms with Gasteiger partial charge in [-0.1, -0.05) is 69.7 Å². The molecule has 4 nitrogen and oxygen atoms in total. The van der Waals surface area contributed by atoms with E-state index in [0.29, 0.717) is 16.1 Å². The molecule has 2 heterocycles. The third-order valence-electron chi connectivity index (χ3n) is 6.38. The van der Waals surface area contributed by atoms with Gasteiger partial charge in [-0.15, -0.1) is 0 Å². The van der Waals surface area contributed by atoms with E-state index in [1.165, 1.54) is 27.7 Å². The summed E-state index contributed by atoms with van der Waals surface area (Å²) < 4.78 is 9.54. The van der Waals surface area contributed by atoms with Gasteiger partial charge < -0.3 is 4.74 Å². The number of ether oxygens (including phenoxy) is 1. The molecular formula is C29H21BrN2O2S. The smallest absolute Gasteiger partial charge is 0.274 e. The molecule has 6 heteroatoms. The summed E-state index contributed by atoms with van der Waals surface area (Å²) in [4.78, 5) is 18.8. The minimum Gasteiger partial charge on any atom is -0.488 e. The van der Waals surface area contributed by atoms with Crippen molar-refractivity contribution in [2.45, 2.75) is 20.5 Å². The zero-order chi connectivity index (χ0) is 24.1. The Balaban J connectivity index is 1.42. The Labute approximate surface area is 214 Å². The molecule has 0 fully saturated rings. The highest BCUT2D eigenvalue weighted by molar-refractivity contribution is 9.10. The van der Waals surface area contributed by atoms with Gasteiger partial charge in [0.2, 0.25) is 0 Å². The van der Waals surface area contributed by atoms with Crippen LogP contribution in [0, 0.1) is 13.8 Å². The molecule has 35 heavy (non-hydrogen) atoms. The molecule has 0 aliphatic carbocycles. The Morgan fingerprint density at radius 3 is 2.69 bits per heavy atom. The maximum atomic E-state index is 13.4. The largest absolute Gasteiger partial charge is 0.488 e. The molecule has 0 atom stereocenters. The molecule has 6 aromatic rings. The topological polar surface area (TPSA) is 43.6 Å². The summed E-state index contributed by atoms with van der Waals surface area (Å²) in [5, 5.41) is 2.36. The summed E-state index contributed by atoms with van der Waals surface area (Å²) in [5.41, 5.74) is 5.92. The van der Waals surface area contributed by atoms with Crippen LogP contribution >= 0.6 is 27.3 Å². The van der Waals surface area contributed by atoms with Gasteiger partial charge in [0, 0.05) is 10.0 Å². The Morgan fingerprint density at radius 2 is 1.80 bits per heavy atom. The van der Waals surface area contributed by atoms with Crippen molar-refractivity contribution >= 4 is 60.1 Å². The molecule has 0 saturated carbocycles. The number of fused-ring (bicyclic) bond motifs is 4. The Hall–Kier alpha value is -3.48. The fourth-order valence-corrected chi connectivity index (χ4v) is 5.75. The number of benzene rings is 4. The van der Waals surface area contributed by atoms with Crippen molar-refractivity contribution < 1.29 is 4.74 Å². The second-order valence-corrected chi connectivity index (χ2v) is 10.6. The lowest BCUT2D eigenvalue weighted by Gasteiger charge is -2.11. The normalized spacial score (nSPS) is 12.3. The number of halogens is 1. The van der Waals surface area contributed by atoms with Gasteiger partial charge in [0.05, 0.1) is 15.6 Å². The van der Waals surface area contributed by atoms with Crippen molar-refractivity contribution in [1.82, 2.24) is 9.38 Å². The Morgan fingerprint density at radius 1 is 1.00 bits per heavy atom. The third kappa shape index (κ3) is 3.93. The number of rotatable bonds is 4. The molecule has 6 rings (SSSR count). The Kier molecular flexibility index (Phi) is 5.43. The van der Waals surface area contributed by atoms with Crippen molar-refractivity contribution in [2.75, 3.05) is 0 Å². The molecule has 0 N–H and O–H groups in total. The average molecular weight is 541 g/mol. The number of hydrogen-bond acceptors (Lipinski definition) is 4. The lowest BCUT2D eigenvalue weighted by molar-refractivity contribution is 0.307. The standard InChI is InChI=1S/C29H21BrN2O2S/c1-17-12-24-25(13-18(17)2)32-28(33)27(35-29(32)31-24)15-21-14-22(30)10-11-26(21)34-16-20-8-5-7-19-6-3-4-9-23(19)20/h3-15H,16H2,1-2H3/b27-15-. The zero-order valence-electron chi connectivity index (χ0n) is 19.2. The second kappa shape index (κ2) is 8.63. The third-order valence-corrected chi connectivity index (χ3v) is 7.84. The number of hydrogen-bond donors (Lipinski definition) is 0. The Bertz CT molecular complexity index is 1860. The van der Waals surface area contributed by atoms with E-state index in [2.05, 4.69) is 54.0 Å². The van der Waals surface area contributed by atoms with E-state index in [1.807, 2.05) is 54.6 Å². The first-order valence-electron chi connectivity index (χ1n) is 11.3. The number of nitrogens with zero attached hydrogens (tertiary/aromatic N) is 2. The molecular weight excluding hydrogens is 520 g/mol. The van der Waals surface area contributed by atoms with E-state index in [-0.39, 0.29) is 5.56 Å². The van der Waals surface area contributed by atoms with E-state index in [9.17, 15) is 4.79 Å². The number of aryl methyl sites for hydroxylation is 2. The number of thiazole rings is 1. The molecule has 172 valence electrons. The SMILES string of the molecule is Cc1cc2nc3s/c(=C\c4cc(Br)ccc4OCc4cccc5ccccc45)c(=O)n3c2cc1C. The summed E-state index contributed by atoms with van der Waals surface area (Å²) in [5.74, 6) is 0.725. The van der Waals surface area contributed by atoms with Crippen LogP contribution in [0.15, 0.2) is 82.1 Å². The van der Waals surface area contributed by atoms with Crippen LogP contribution in [-0.4, -0.2) is 9.38 Å². The first-order chi connectivity index (χ1) is 17.0. The van der Waals surface area contributed by atoms with Gasteiger partial charge in [-0.2, -0.15) is 0 Å². The van der Waals surface area contributed by atoms with Crippen LogP contribution in [0.5, 0.6) is 5.75 Å². The fraction of sp³-hybridized carbons (Fsp3) is 0.103. The molecule has 0 radical (unpaired) electrons. The van der Waals surface area contributed by atoms with Gasteiger partial charge >= 0.3 is 0 Å². The van der Waals surface area contributed by atoms with Crippen molar-refractivity contribution in [3.63, 3.8) is 0 Å². The van der Waals surface area contributed by atoms with E-state index in [1.54, 1.807) is 4.40 Å². The fourth-order valence-electron chi connectivity index (χ4n) is 4.40. The first-order valence-corrected chi connectivity index (χ1v) is 12.9. The minimum absolute atomic E-state index is 0.0595. The van der Waals surface area contributed by atoms with Crippen LogP contribution in [0.25, 0.3) is 32.8 Å². The van der Waals surface area contributed by atoms with Gasteiger partial charge in [-0.3, -0.25) is 4.79 Å². The molecule has 0 aliphatic rings. The molecule has 0 aliphatic heterocycles. The summed E-state index contributed by atoms with van der Waals surface area (Å²) in [6.07, 6.45) is 1.90. The van der Waals surface area contributed by atoms with Gasteiger partial charge in [0.25, 0.3) is 5.56 Å². The predicted molar refractivity (Wildman–Crippen MR) is 148 cm³/mol. The molecule has 0 saturated heterocycles. The van der Waals surface area contributed by atoms with Crippen molar-refractivity contribution in [1.29, 1.82) is 0 Å². The maximum Gasteiger partial charge on any atom is 0.274 e. The van der Waals surface area contributed by atoms with Gasteiger partial charge in [0.1, 0.15) is 12.4 Å². The van der Waals surface area contributed by atoms with Crippen molar-refractivity contribution in [3.8, 4) is 5.75 Å². The maximum absolute atomic E-state index is 13.4. The number of imidazole rings is 1. The van der Waals surface area contributed by atoms with Crippen LogP contribution in [0.3, 0.4) is 0 Å². The van der Waals surface area contributed by atoms with E-state index >= 15 is 0 Å². The summed E-state index contributed by atoms with van der Waals surface area (Å²) in [7, 11) is 0. The first kappa shape index (κ1) is 22.0. The summed E-state index contributed by atoms with van der Waals surface area (Å²) >= 11 is 4.96. The monoisotopic (exact) mass is 540 g/mol. The van der Waals surface area contributed by atoms with Crippen molar-refractivity contribution in [2.24, 2.45) is 0 Å². The predicted octanol–water partition coefficient (Wildman–Crippen LogP) is 6.57. The molecule has 0 unspecified atom stereocenters. The molecule has 0 bridgehead atoms. The van der Waals surface area contributed by atoms with Crippen LogP contribution in [-0.2, 0) is 6.61 Å². The minimum atomic E-state index is -0.0595. The molecule has 4 aromatic carbocycles. The molecule has 2 aromatic heterocycles. The highest BCUT2D eigenvalue weighted by Crippen LogP contribution is 2.27. The van der Waals surface area contributed by atoms with Crippen LogP contribution in [0.2, 0.25) is 0 Å². The van der Waals surface area contributed by atoms with Crippen LogP contribution in [0.1, 0.15) is 22.3 Å². The highest BCUT2D eigenvalue weighted by atomic mass is 79.9. The lowest BCUT2D eigenvalue weighted by atomic mass is 10.1. The number of aromatic nitrogens is 2. The quantitative estimate of drug-likeness (QED) is 0.254. The van der Waals surface area contributed by atoms with E-state index in [0.717, 1.165) is 37.9 Å². The summed E-state index contributed by atoms with van der Waals surface area (Å²) in [6.45, 7) is 4.55. The van der Waals surface area contributed by atoms with E-state index < -0.39 is 0 Å². The van der Waals surface area contributed by atoms with Crippen LogP contribution in [0.4, 0.5) is 0 Å². The van der Waals surface area contributed by atoms with Gasteiger partial charge in [-0.25, -0.2) is 9.38 Å². The lowest BCUT2D eigenvalue weighted by Crippen LogP contribution is -2.22. The zero-order valence-corrected chi connectivity index (χ0v) is 21.6. The summed E-state index contributed by atoms with van der Waals surface area (Å²) in [6, 6.07) is 24.5. The molecule has 0 amide bonds. The van der Waals surface area contributed by atoms with E-state index in [4.69, 9.17) is 9.72 Å². The average Bonchev–Trinajstić information content (AvgIpc) is 3.34. The van der Waals surface area contributed by atoms with Crippen LogP contribution < -0.4 is 14.8 Å². The second-order valence-electron chi connectivity index (χ2n) is 8.68. The highest BCUT2D eigenvalue weighted by Gasteiger charge is 2.13.